The van der Waals surface area contributed by atoms with E-state index < -0.39 is 5.60 Å². The second-order valence-corrected chi connectivity index (χ2v) is 10.8. The van der Waals surface area contributed by atoms with E-state index in [-0.39, 0.29) is 11.7 Å². The van der Waals surface area contributed by atoms with Gasteiger partial charge in [0.05, 0.1) is 11.3 Å². The largest absolute Gasteiger partial charge is 0.389 e. The van der Waals surface area contributed by atoms with Crippen LogP contribution in [-0.4, -0.2) is 68.9 Å². The Bertz CT molecular complexity index is 1180. The van der Waals surface area contributed by atoms with Crippen LogP contribution in [0.5, 0.6) is 0 Å². The predicted molar refractivity (Wildman–Crippen MR) is 142 cm³/mol. The fourth-order valence-corrected chi connectivity index (χ4v) is 5.76. The highest BCUT2D eigenvalue weighted by Gasteiger charge is 2.35. The van der Waals surface area contributed by atoms with Gasteiger partial charge in [-0.1, -0.05) is 18.6 Å². The highest BCUT2D eigenvalue weighted by atomic mass is 19.1. The number of likely N-dealkylation sites (tertiary alicyclic amines) is 2. The molecule has 3 heterocycles. The molecule has 1 N–H and O–H groups in total. The van der Waals surface area contributed by atoms with E-state index >= 15 is 0 Å². The van der Waals surface area contributed by atoms with E-state index in [4.69, 9.17) is 0 Å². The van der Waals surface area contributed by atoms with Gasteiger partial charge in [-0.2, -0.15) is 5.10 Å². The third-order valence-electron chi connectivity index (χ3n) is 8.17. The summed E-state index contributed by atoms with van der Waals surface area (Å²) in [6.45, 7) is 2.14. The van der Waals surface area contributed by atoms with Gasteiger partial charge in [0.25, 0.3) is 5.91 Å². The van der Waals surface area contributed by atoms with Gasteiger partial charge in [0.15, 0.2) is 0 Å². The van der Waals surface area contributed by atoms with E-state index in [0.717, 1.165) is 17.8 Å². The molecule has 0 aliphatic carbocycles. The molecule has 2 saturated heterocycles. The molecule has 1 atom stereocenters. The van der Waals surface area contributed by atoms with Crippen LogP contribution in [0.25, 0.3) is 5.69 Å². The molecule has 1 aromatic heterocycles. The van der Waals surface area contributed by atoms with E-state index in [1.807, 2.05) is 10.7 Å². The lowest BCUT2D eigenvalue weighted by Gasteiger charge is -2.38. The quantitative estimate of drug-likeness (QED) is 0.509. The molecule has 37 heavy (non-hydrogen) atoms. The van der Waals surface area contributed by atoms with Crippen molar-refractivity contribution in [2.45, 2.75) is 63.0 Å². The van der Waals surface area contributed by atoms with Crippen molar-refractivity contribution in [2.24, 2.45) is 0 Å². The molecule has 5 rings (SSSR count). The van der Waals surface area contributed by atoms with Gasteiger partial charge in [0, 0.05) is 43.0 Å². The number of hydrogen-bond donors (Lipinski definition) is 1. The number of carbonyl (C=O) groups is 1. The zero-order chi connectivity index (χ0) is 25.8. The lowest BCUT2D eigenvalue weighted by molar-refractivity contribution is -0.0172. The second-order valence-electron chi connectivity index (χ2n) is 10.8. The topological polar surface area (TPSA) is 61.6 Å². The summed E-state index contributed by atoms with van der Waals surface area (Å²) in [7, 11) is 2.24. The Labute approximate surface area is 218 Å². The number of aromatic nitrogens is 2. The molecule has 6 nitrogen and oxygen atoms in total. The molecule has 1 amide bonds. The van der Waals surface area contributed by atoms with Crippen LogP contribution in [0.3, 0.4) is 0 Å². The number of piperidine rings is 2. The average molecular weight is 505 g/mol. The second kappa shape index (κ2) is 11.2. The Kier molecular flexibility index (Phi) is 7.72. The Morgan fingerprint density at radius 1 is 1.03 bits per heavy atom. The van der Waals surface area contributed by atoms with Gasteiger partial charge in [0.1, 0.15) is 5.82 Å². The molecule has 0 spiro atoms. The summed E-state index contributed by atoms with van der Waals surface area (Å²) in [6, 6.07) is 16.9. The minimum atomic E-state index is -0.899. The summed E-state index contributed by atoms with van der Waals surface area (Å²) >= 11 is 0. The van der Waals surface area contributed by atoms with Gasteiger partial charge < -0.3 is 14.9 Å². The Balaban J connectivity index is 1.18. The van der Waals surface area contributed by atoms with Crippen LogP contribution in [-0.2, 0) is 12.8 Å². The van der Waals surface area contributed by atoms with Gasteiger partial charge >= 0.3 is 0 Å². The highest BCUT2D eigenvalue weighted by Crippen LogP contribution is 2.28. The molecular weight excluding hydrogens is 467 g/mol. The van der Waals surface area contributed by atoms with Crippen molar-refractivity contribution >= 4 is 5.91 Å². The molecule has 1 unspecified atom stereocenters. The van der Waals surface area contributed by atoms with Crippen LogP contribution in [0.1, 0.15) is 60.1 Å². The number of benzene rings is 2. The van der Waals surface area contributed by atoms with Gasteiger partial charge in [0.2, 0.25) is 0 Å². The zero-order valence-electron chi connectivity index (χ0n) is 21.7. The Hall–Kier alpha value is -3.03. The molecule has 0 bridgehead atoms. The Morgan fingerprint density at radius 2 is 1.76 bits per heavy atom. The number of hydrogen-bond acceptors (Lipinski definition) is 4. The summed E-state index contributed by atoms with van der Waals surface area (Å²) in [5.41, 5.74) is 2.86. The standard InChI is InChI=1S/C30H37FN4O2/c1-33-19-3-2-4-26(33)12-5-23-6-13-27(14-7-23)35-28(15-18-32-35)22-30(37)16-20-34(21-17-30)29(36)24-8-10-25(31)11-9-24/h6-11,13-15,18,26,37H,2-5,12,16-17,19-22H2,1H3. The van der Waals surface area contributed by atoms with Gasteiger partial charge in [-0.15, -0.1) is 0 Å². The molecule has 196 valence electrons. The SMILES string of the molecule is CN1CCCCC1CCc1ccc(-n2nccc2CC2(O)CCN(C(=O)c3ccc(F)cc3)CC2)cc1. The maximum Gasteiger partial charge on any atom is 0.253 e. The third kappa shape index (κ3) is 6.11. The fraction of sp³-hybridized carbons (Fsp3) is 0.467. The van der Waals surface area contributed by atoms with Crippen molar-refractivity contribution in [1.29, 1.82) is 0 Å². The molecule has 7 heteroatoms. The van der Waals surface area contributed by atoms with Crippen LogP contribution in [0.4, 0.5) is 4.39 Å². The number of carbonyl (C=O) groups excluding carboxylic acids is 1. The number of aliphatic hydroxyl groups is 1. The third-order valence-corrected chi connectivity index (χ3v) is 8.17. The highest BCUT2D eigenvalue weighted by molar-refractivity contribution is 5.94. The molecule has 3 aromatic rings. The van der Waals surface area contributed by atoms with E-state index in [2.05, 4.69) is 41.3 Å². The fourth-order valence-electron chi connectivity index (χ4n) is 5.76. The minimum Gasteiger partial charge on any atom is -0.389 e. The van der Waals surface area contributed by atoms with Crippen LogP contribution in [0.15, 0.2) is 60.8 Å². The number of amides is 1. The maximum absolute atomic E-state index is 13.2. The molecular formula is C30H37FN4O2. The van der Waals surface area contributed by atoms with Gasteiger partial charge in [-0.05, 0) is 100 Å². The molecule has 2 aromatic carbocycles. The zero-order valence-corrected chi connectivity index (χ0v) is 21.7. The van der Waals surface area contributed by atoms with Crippen molar-refractivity contribution in [3.05, 3.63) is 83.4 Å². The predicted octanol–water partition coefficient (Wildman–Crippen LogP) is 4.64. The maximum atomic E-state index is 13.2. The Morgan fingerprint density at radius 3 is 2.46 bits per heavy atom. The van der Waals surface area contributed by atoms with Gasteiger partial charge in [-0.25, -0.2) is 9.07 Å². The van der Waals surface area contributed by atoms with E-state index in [1.54, 1.807) is 11.1 Å². The van der Waals surface area contributed by atoms with Crippen LogP contribution < -0.4 is 0 Å². The molecule has 0 radical (unpaired) electrons. The van der Waals surface area contributed by atoms with Crippen molar-refractivity contribution in [1.82, 2.24) is 19.6 Å². The van der Waals surface area contributed by atoms with Crippen molar-refractivity contribution < 1.29 is 14.3 Å². The van der Waals surface area contributed by atoms with E-state index in [9.17, 15) is 14.3 Å². The van der Waals surface area contributed by atoms with Crippen LogP contribution in [0, 0.1) is 5.82 Å². The first-order chi connectivity index (χ1) is 17.9. The molecule has 2 aliphatic rings. The summed E-state index contributed by atoms with van der Waals surface area (Å²) in [5.74, 6) is -0.481. The number of halogens is 1. The smallest absolute Gasteiger partial charge is 0.253 e. The molecule has 2 fully saturated rings. The monoisotopic (exact) mass is 504 g/mol. The number of nitrogens with zero attached hydrogens (tertiary/aromatic N) is 4. The number of aryl methyl sites for hydroxylation is 1. The van der Waals surface area contributed by atoms with Crippen molar-refractivity contribution in [2.75, 3.05) is 26.7 Å². The minimum absolute atomic E-state index is 0.123. The molecule has 2 aliphatic heterocycles. The lowest BCUT2D eigenvalue weighted by atomic mass is 9.86. The van der Waals surface area contributed by atoms with E-state index in [0.29, 0.717) is 44.0 Å². The van der Waals surface area contributed by atoms with Crippen molar-refractivity contribution in [3.63, 3.8) is 0 Å². The van der Waals surface area contributed by atoms with Crippen LogP contribution >= 0.6 is 0 Å². The first-order valence-electron chi connectivity index (χ1n) is 13.5. The summed E-state index contributed by atoms with van der Waals surface area (Å²) in [4.78, 5) is 17.0. The normalized spacial score (nSPS) is 20.2. The number of rotatable bonds is 7. The average Bonchev–Trinajstić information content (AvgIpc) is 3.36. The first kappa shape index (κ1) is 25.6. The van der Waals surface area contributed by atoms with Crippen LogP contribution in [0.2, 0.25) is 0 Å². The van der Waals surface area contributed by atoms with Crippen molar-refractivity contribution in [3.8, 4) is 5.69 Å². The van der Waals surface area contributed by atoms with E-state index in [1.165, 1.54) is 62.1 Å². The summed E-state index contributed by atoms with van der Waals surface area (Å²) < 4.78 is 15.1. The summed E-state index contributed by atoms with van der Waals surface area (Å²) in [5, 5.41) is 15.9. The van der Waals surface area contributed by atoms with Gasteiger partial charge in [-0.3, -0.25) is 4.79 Å². The summed E-state index contributed by atoms with van der Waals surface area (Å²) in [6.07, 6.45) is 9.44. The first-order valence-corrected chi connectivity index (χ1v) is 13.5. The lowest BCUT2D eigenvalue weighted by Crippen LogP contribution is -2.48. The molecule has 0 saturated carbocycles.